The molecule has 128 valence electrons. The Morgan fingerprint density at radius 1 is 0.462 bits per heavy atom. The van der Waals surface area contributed by atoms with Crippen LogP contribution in [0.15, 0.2) is 103 Å². The molecule has 4 rings (SSSR count). The predicted octanol–water partition coefficient (Wildman–Crippen LogP) is 4.74. The first kappa shape index (κ1) is 16.0. The first-order valence-electron chi connectivity index (χ1n) is 8.51. The van der Waals surface area contributed by atoms with Gasteiger partial charge >= 0.3 is 0 Å². The molecule has 0 aliphatic rings. The van der Waals surface area contributed by atoms with Gasteiger partial charge < -0.3 is 10.2 Å². The second kappa shape index (κ2) is 6.45. The first-order valence-corrected chi connectivity index (χ1v) is 8.51. The van der Waals surface area contributed by atoms with Crippen molar-refractivity contribution in [2.75, 3.05) is 0 Å². The molecule has 2 N–H and O–H groups in total. The van der Waals surface area contributed by atoms with Crippen LogP contribution in [0.2, 0.25) is 0 Å². The van der Waals surface area contributed by atoms with E-state index >= 15 is 0 Å². The summed E-state index contributed by atoms with van der Waals surface area (Å²) in [5, 5.41) is 21.3. The van der Waals surface area contributed by atoms with Crippen molar-refractivity contribution >= 4 is 0 Å². The zero-order valence-electron chi connectivity index (χ0n) is 14.2. The van der Waals surface area contributed by atoms with Gasteiger partial charge in [-0.15, -0.1) is 0 Å². The fraction of sp³-hybridized carbons (Fsp3) is 0.0435. The number of nitrogens with zero attached hydrogens (tertiary/aromatic N) is 1. The van der Waals surface area contributed by atoms with E-state index in [4.69, 9.17) is 0 Å². The summed E-state index contributed by atoms with van der Waals surface area (Å²) in [6.07, 6.45) is 0. The number of aromatic nitrogens is 1. The Hall–Kier alpha value is -3.46. The lowest BCUT2D eigenvalue weighted by Crippen LogP contribution is -2.37. The fourth-order valence-corrected chi connectivity index (χ4v) is 3.68. The molecule has 0 aliphatic heterocycles. The fourth-order valence-electron chi connectivity index (χ4n) is 3.68. The van der Waals surface area contributed by atoms with Crippen LogP contribution >= 0.6 is 0 Å². The van der Waals surface area contributed by atoms with Crippen LogP contribution in [0.4, 0.5) is 0 Å². The minimum Gasteiger partial charge on any atom is -0.494 e. The Labute approximate surface area is 152 Å². The average molecular weight is 341 g/mol. The minimum absolute atomic E-state index is 0.000871. The van der Waals surface area contributed by atoms with Crippen molar-refractivity contribution in [2.45, 2.75) is 5.54 Å². The Morgan fingerprint density at radius 3 is 1.08 bits per heavy atom. The minimum atomic E-state index is -0.901. The monoisotopic (exact) mass is 341 g/mol. The van der Waals surface area contributed by atoms with Crippen LogP contribution in [0.3, 0.4) is 0 Å². The standard InChI is InChI=1S/C23H19NO2/c25-21-16-17-22(26)24(21)23(18-10-4-1-5-11-18,19-12-6-2-7-13-19)20-14-8-3-9-15-20/h1-17,25-26H. The van der Waals surface area contributed by atoms with Gasteiger partial charge in [0.1, 0.15) is 5.54 Å². The highest BCUT2D eigenvalue weighted by Crippen LogP contribution is 2.45. The van der Waals surface area contributed by atoms with E-state index in [-0.39, 0.29) is 11.8 Å². The number of aromatic hydroxyl groups is 2. The first-order chi connectivity index (χ1) is 12.7. The van der Waals surface area contributed by atoms with E-state index in [1.54, 1.807) is 4.57 Å². The van der Waals surface area contributed by atoms with Crippen LogP contribution in [0.5, 0.6) is 11.8 Å². The molecule has 26 heavy (non-hydrogen) atoms. The Morgan fingerprint density at radius 2 is 0.769 bits per heavy atom. The van der Waals surface area contributed by atoms with Crippen molar-refractivity contribution in [2.24, 2.45) is 0 Å². The number of hydrogen-bond acceptors (Lipinski definition) is 2. The van der Waals surface area contributed by atoms with E-state index in [0.29, 0.717) is 0 Å². The van der Waals surface area contributed by atoms with Gasteiger partial charge in [-0.3, -0.25) is 4.57 Å². The Balaban J connectivity index is 2.19. The molecule has 0 aliphatic carbocycles. The molecule has 3 heteroatoms. The lowest BCUT2D eigenvalue weighted by atomic mass is 9.76. The van der Waals surface area contributed by atoms with Gasteiger partial charge in [-0.05, 0) is 16.7 Å². The zero-order chi connectivity index (χ0) is 18.0. The maximum Gasteiger partial charge on any atom is 0.195 e. The van der Waals surface area contributed by atoms with Crippen molar-refractivity contribution in [1.29, 1.82) is 0 Å². The molecule has 0 radical (unpaired) electrons. The van der Waals surface area contributed by atoms with Gasteiger partial charge in [0, 0.05) is 12.1 Å². The van der Waals surface area contributed by atoms with Gasteiger partial charge in [-0.1, -0.05) is 91.0 Å². The van der Waals surface area contributed by atoms with Gasteiger partial charge in [0.05, 0.1) is 0 Å². The molecule has 0 unspecified atom stereocenters. The van der Waals surface area contributed by atoms with Crippen molar-refractivity contribution in [1.82, 2.24) is 4.57 Å². The van der Waals surface area contributed by atoms with Crippen LogP contribution in [-0.2, 0) is 5.54 Å². The Bertz CT molecular complexity index is 876. The zero-order valence-corrected chi connectivity index (χ0v) is 14.2. The molecule has 0 spiro atoms. The van der Waals surface area contributed by atoms with Crippen molar-refractivity contribution in [3.8, 4) is 11.8 Å². The predicted molar refractivity (Wildman–Crippen MR) is 102 cm³/mol. The van der Waals surface area contributed by atoms with E-state index in [1.807, 2.05) is 91.0 Å². The van der Waals surface area contributed by atoms with Crippen molar-refractivity contribution in [3.63, 3.8) is 0 Å². The lowest BCUT2D eigenvalue weighted by molar-refractivity contribution is 0.329. The number of benzene rings is 3. The summed E-state index contributed by atoms with van der Waals surface area (Å²) < 4.78 is 1.58. The van der Waals surface area contributed by atoms with Crippen molar-refractivity contribution < 1.29 is 10.2 Å². The lowest BCUT2D eigenvalue weighted by Gasteiger charge is -2.38. The molecule has 0 fully saturated rings. The second-order valence-corrected chi connectivity index (χ2v) is 6.19. The molecule has 1 heterocycles. The van der Waals surface area contributed by atoms with E-state index in [0.717, 1.165) is 16.7 Å². The summed E-state index contributed by atoms with van der Waals surface area (Å²) in [6.45, 7) is 0. The summed E-state index contributed by atoms with van der Waals surface area (Å²) >= 11 is 0. The highest BCUT2D eigenvalue weighted by Gasteiger charge is 2.41. The molecule has 0 saturated heterocycles. The average Bonchev–Trinajstić information content (AvgIpc) is 3.04. The molecule has 0 saturated carbocycles. The quantitative estimate of drug-likeness (QED) is 0.527. The third-order valence-electron chi connectivity index (χ3n) is 4.75. The molecule has 3 nitrogen and oxygen atoms in total. The number of hydrogen-bond donors (Lipinski definition) is 2. The van der Waals surface area contributed by atoms with E-state index in [9.17, 15) is 10.2 Å². The third kappa shape index (κ3) is 2.37. The maximum absolute atomic E-state index is 10.7. The normalized spacial score (nSPS) is 11.4. The molecule has 0 atom stereocenters. The van der Waals surface area contributed by atoms with Gasteiger partial charge in [0.2, 0.25) is 0 Å². The van der Waals surface area contributed by atoms with Crippen LogP contribution in [0.25, 0.3) is 0 Å². The van der Waals surface area contributed by atoms with E-state index in [2.05, 4.69) is 0 Å². The molecule has 4 aromatic rings. The molecule has 0 amide bonds. The molecular formula is C23H19NO2. The second-order valence-electron chi connectivity index (χ2n) is 6.19. The van der Waals surface area contributed by atoms with E-state index in [1.165, 1.54) is 12.1 Å². The van der Waals surface area contributed by atoms with Gasteiger partial charge in [-0.2, -0.15) is 0 Å². The van der Waals surface area contributed by atoms with Crippen LogP contribution in [-0.4, -0.2) is 14.8 Å². The van der Waals surface area contributed by atoms with Crippen LogP contribution < -0.4 is 0 Å². The third-order valence-corrected chi connectivity index (χ3v) is 4.75. The highest BCUT2D eigenvalue weighted by atomic mass is 16.3. The largest absolute Gasteiger partial charge is 0.494 e. The maximum atomic E-state index is 10.7. The molecular weight excluding hydrogens is 322 g/mol. The van der Waals surface area contributed by atoms with Crippen molar-refractivity contribution in [3.05, 3.63) is 120 Å². The Kier molecular flexibility index (Phi) is 3.98. The molecule has 0 bridgehead atoms. The molecule has 1 aromatic heterocycles. The van der Waals surface area contributed by atoms with Gasteiger partial charge in [0.15, 0.2) is 11.8 Å². The van der Waals surface area contributed by atoms with Crippen LogP contribution in [0, 0.1) is 0 Å². The summed E-state index contributed by atoms with van der Waals surface area (Å²) in [5.74, 6) is -0.00174. The summed E-state index contributed by atoms with van der Waals surface area (Å²) in [5.41, 5.74) is 1.93. The highest BCUT2D eigenvalue weighted by molar-refractivity contribution is 5.53. The number of rotatable bonds is 4. The summed E-state index contributed by atoms with van der Waals surface area (Å²) in [6, 6.07) is 32.8. The SMILES string of the molecule is Oc1ccc(O)n1C(c1ccccc1)(c1ccccc1)c1ccccc1. The van der Waals surface area contributed by atoms with Gasteiger partial charge in [-0.25, -0.2) is 0 Å². The molecule has 3 aromatic carbocycles. The summed E-state index contributed by atoms with van der Waals surface area (Å²) in [4.78, 5) is 0. The van der Waals surface area contributed by atoms with Gasteiger partial charge in [0.25, 0.3) is 0 Å². The smallest absolute Gasteiger partial charge is 0.195 e. The van der Waals surface area contributed by atoms with E-state index < -0.39 is 5.54 Å². The topological polar surface area (TPSA) is 45.4 Å². The summed E-state index contributed by atoms with van der Waals surface area (Å²) in [7, 11) is 0. The van der Waals surface area contributed by atoms with Crippen LogP contribution in [0.1, 0.15) is 16.7 Å².